The highest BCUT2D eigenvalue weighted by Gasteiger charge is 2.16. The molecule has 2 aromatic heterocycles. The smallest absolute Gasteiger partial charge is 0.387 e. The van der Waals surface area contributed by atoms with Crippen LogP contribution in [0.4, 0.5) is 8.78 Å². The molecule has 4 aromatic rings. The summed E-state index contributed by atoms with van der Waals surface area (Å²) in [5, 5.41) is 4.18. The minimum absolute atomic E-state index is 0.0290. The van der Waals surface area contributed by atoms with E-state index < -0.39 is 6.61 Å². The standard InChI is InChI=1S/C22H20ClF2N3O2/c1-11(8-14-4-7-19(16(23)9-14)29-22(24)25)21-26-17-6-5-15(10-18(17)27-21)20-12(2)28-30-13(20)3/h4-7,9-11,22H,8H2,1-3H3,(H,26,27)/t11-/m0/s1. The number of fused-ring (bicyclic) bond motifs is 1. The fraction of sp³-hybridized carbons (Fsp3) is 0.273. The van der Waals surface area contributed by atoms with Crippen molar-refractivity contribution in [1.82, 2.24) is 15.1 Å². The van der Waals surface area contributed by atoms with Gasteiger partial charge in [-0.1, -0.05) is 35.8 Å². The molecule has 0 amide bonds. The molecule has 0 saturated heterocycles. The van der Waals surface area contributed by atoms with E-state index in [1.54, 1.807) is 12.1 Å². The average molecular weight is 432 g/mol. The Morgan fingerprint density at radius 2 is 1.97 bits per heavy atom. The van der Waals surface area contributed by atoms with Crippen LogP contribution in [0.15, 0.2) is 40.9 Å². The van der Waals surface area contributed by atoms with Gasteiger partial charge in [-0.25, -0.2) is 4.98 Å². The molecule has 2 aromatic carbocycles. The minimum Gasteiger partial charge on any atom is -0.433 e. The molecule has 0 spiro atoms. The van der Waals surface area contributed by atoms with E-state index in [1.165, 1.54) is 6.07 Å². The van der Waals surface area contributed by atoms with Gasteiger partial charge in [-0.3, -0.25) is 0 Å². The molecule has 30 heavy (non-hydrogen) atoms. The van der Waals surface area contributed by atoms with Gasteiger partial charge in [0.05, 0.1) is 21.7 Å². The number of hydrogen-bond acceptors (Lipinski definition) is 4. The summed E-state index contributed by atoms with van der Waals surface area (Å²) in [5.74, 6) is 1.65. The Kier molecular flexibility index (Phi) is 5.47. The van der Waals surface area contributed by atoms with Crippen LogP contribution in [0.5, 0.6) is 5.75 Å². The third-order valence-corrected chi connectivity index (χ3v) is 5.34. The summed E-state index contributed by atoms with van der Waals surface area (Å²) >= 11 is 6.06. The monoisotopic (exact) mass is 431 g/mol. The molecule has 0 aliphatic carbocycles. The van der Waals surface area contributed by atoms with Crippen LogP contribution in [0.3, 0.4) is 0 Å². The first kappa shape index (κ1) is 20.3. The van der Waals surface area contributed by atoms with Crippen molar-refractivity contribution in [3.05, 3.63) is 64.3 Å². The molecule has 5 nitrogen and oxygen atoms in total. The summed E-state index contributed by atoms with van der Waals surface area (Å²) in [4.78, 5) is 8.09. The number of benzene rings is 2. The topological polar surface area (TPSA) is 63.9 Å². The summed E-state index contributed by atoms with van der Waals surface area (Å²) in [6.07, 6.45) is 0.644. The Morgan fingerprint density at radius 1 is 1.17 bits per heavy atom. The molecule has 1 atom stereocenters. The molecule has 0 saturated carbocycles. The Bertz CT molecular complexity index is 1180. The highest BCUT2D eigenvalue weighted by atomic mass is 35.5. The van der Waals surface area contributed by atoms with Crippen molar-refractivity contribution in [3.8, 4) is 16.9 Å². The number of aryl methyl sites for hydroxylation is 2. The van der Waals surface area contributed by atoms with Gasteiger partial charge in [0.2, 0.25) is 0 Å². The first-order valence-electron chi connectivity index (χ1n) is 9.48. The summed E-state index contributed by atoms with van der Waals surface area (Å²) in [7, 11) is 0. The number of aromatic nitrogens is 3. The van der Waals surface area contributed by atoms with Crippen LogP contribution in [0, 0.1) is 13.8 Å². The summed E-state index contributed by atoms with van der Waals surface area (Å²) in [5.41, 5.74) is 5.55. The number of nitrogens with zero attached hydrogens (tertiary/aromatic N) is 2. The lowest BCUT2D eigenvalue weighted by atomic mass is 10.0. The van der Waals surface area contributed by atoms with E-state index in [9.17, 15) is 8.78 Å². The average Bonchev–Trinajstić information content (AvgIpc) is 3.26. The highest BCUT2D eigenvalue weighted by Crippen LogP contribution is 2.31. The zero-order valence-corrected chi connectivity index (χ0v) is 17.4. The number of ether oxygens (including phenoxy) is 1. The minimum atomic E-state index is -2.90. The lowest BCUT2D eigenvalue weighted by Gasteiger charge is -2.11. The van der Waals surface area contributed by atoms with Gasteiger partial charge < -0.3 is 14.2 Å². The number of rotatable bonds is 6. The van der Waals surface area contributed by atoms with Crippen LogP contribution in [-0.2, 0) is 6.42 Å². The molecular weight excluding hydrogens is 412 g/mol. The lowest BCUT2D eigenvalue weighted by Crippen LogP contribution is -2.04. The fourth-order valence-corrected chi connectivity index (χ4v) is 3.87. The second-order valence-electron chi connectivity index (χ2n) is 7.30. The van der Waals surface area contributed by atoms with Crippen molar-refractivity contribution in [2.75, 3.05) is 0 Å². The molecule has 0 fully saturated rings. The fourth-order valence-electron chi connectivity index (χ4n) is 3.63. The van der Waals surface area contributed by atoms with Crippen molar-refractivity contribution in [3.63, 3.8) is 0 Å². The molecule has 156 valence electrons. The molecule has 2 heterocycles. The van der Waals surface area contributed by atoms with Crippen LogP contribution in [0.1, 0.15) is 35.7 Å². The maximum absolute atomic E-state index is 12.4. The third-order valence-electron chi connectivity index (χ3n) is 5.04. The van der Waals surface area contributed by atoms with Crippen LogP contribution in [-0.4, -0.2) is 21.7 Å². The van der Waals surface area contributed by atoms with Gasteiger partial charge in [0.1, 0.15) is 17.3 Å². The number of H-pyrrole nitrogens is 1. The van der Waals surface area contributed by atoms with Crippen molar-refractivity contribution >= 4 is 22.6 Å². The number of hydrogen-bond donors (Lipinski definition) is 1. The van der Waals surface area contributed by atoms with E-state index in [0.29, 0.717) is 6.42 Å². The van der Waals surface area contributed by atoms with Gasteiger partial charge in [0, 0.05) is 11.5 Å². The molecule has 4 rings (SSSR count). The zero-order valence-electron chi connectivity index (χ0n) is 16.7. The predicted molar refractivity (Wildman–Crippen MR) is 111 cm³/mol. The molecular formula is C22H20ClF2N3O2. The molecule has 0 unspecified atom stereocenters. The van der Waals surface area contributed by atoms with E-state index in [2.05, 4.69) is 14.9 Å². The van der Waals surface area contributed by atoms with E-state index in [1.807, 2.05) is 39.0 Å². The summed E-state index contributed by atoms with van der Waals surface area (Å²) < 4.78 is 34.5. The Labute approximate surface area is 177 Å². The Hall–Kier alpha value is -2.93. The molecule has 0 aliphatic rings. The first-order chi connectivity index (χ1) is 14.3. The van der Waals surface area contributed by atoms with Crippen LogP contribution >= 0.6 is 11.6 Å². The molecule has 8 heteroatoms. The van der Waals surface area contributed by atoms with Gasteiger partial charge in [-0.05, 0) is 55.7 Å². The molecule has 0 aliphatic heterocycles. The number of alkyl halides is 2. The predicted octanol–water partition coefficient (Wildman–Crippen LogP) is 6.44. The lowest BCUT2D eigenvalue weighted by molar-refractivity contribution is -0.0497. The largest absolute Gasteiger partial charge is 0.433 e. The molecule has 0 radical (unpaired) electrons. The quantitative estimate of drug-likeness (QED) is 0.381. The van der Waals surface area contributed by atoms with Crippen molar-refractivity contribution in [1.29, 1.82) is 0 Å². The van der Waals surface area contributed by atoms with Crippen LogP contribution in [0.2, 0.25) is 5.02 Å². The van der Waals surface area contributed by atoms with E-state index >= 15 is 0 Å². The zero-order chi connectivity index (χ0) is 21.4. The van der Waals surface area contributed by atoms with Crippen molar-refractivity contribution in [2.24, 2.45) is 0 Å². The maximum atomic E-state index is 12.4. The molecule has 0 bridgehead atoms. The number of halogens is 3. The maximum Gasteiger partial charge on any atom is 0.387 e. The Morgan fingerprint density at radius 3 is 2.63 bits per heavy atom. The number of imidazole rings is 1. The second-order valence-corrected chi connectivity index (χ2v) is 7.71. The molecule has 1 N–H and O–H groups in total. The van der Waals surface area contributed by atoms with E-state index in [0.717, 1.165) is 45.0 Å². The van der Waals surface area contributed by atoms with Crippen molar-refractivity contribution in [2.45, 2.75) is 39.7 Å². The van der Waals surface area contributed by atoms with Gasteiger partial charge in [-0.15, -0.1) is 0 Å². The first-order valence-corrected chi connectivity index (χ1v) is 9.85. The van der Waals surface area contributed by atoms with E-state index in [4.69, 9.17) is 21.1 Å². The normalized spacial score (nSPS) is 12.6. The summed E-state index contributed by atoms with van der Waals surface area (Å²) in [6, 6.07) is 10.9. The van der Waals surface area contributed by atoms with Gasteiger partial charge in [-0.2, -0.15) is 8.78 Å². The highest BCUT2D eigenvalue weighted by molar-refractivity contribution is 6.32. The van der Waals surface area contributed by atoms with E-state index in [-0.39, 0.29) is 16.7 Å². The Balaban J connectivity index is 1.56. The van der Waals surface area contributed by atoms with Crippen LogP contribution < -0.4 is 4.74 Å². The van der Waals surface area contributed by atoms with Gasteiger partial charge in [0.15, 0.2) is 0 Å². The van der Waals surface area contributed by atoms with Crippen LogP contribution in [0.25, 0.3) is 22.2 Å². The number of aromatic amines is 1. The summed E-state index contributed by atoms with van der Waals surface area (Å²) in [6.45, 7) is 2.95. The van der Waals surface area contributed by atoms with Gasteiger partial charge >= 0.3 is 6.61 Å². The van der Waals surface area contributed by atoms with Gasteiger partial charge in [0.25, 0.3) is 0 Å². The van der Waals surface area contributed by atoms with Crippen molar-refractivity contribution < 1.29 is 18.0 Å². The SMILES string of the molecule is Cc1noc(C)c1-c1ccc2nc([C@@H](C)Cc3ccc(OC(F)F)c(Cl)c3)[nH]c2c1. The third kappa shape index (κ3) is 4.03. The second kappa shape index (κ2) is 8.07. The number of nitrogens with one attached hydrogen (secondary N) is 1.